The van der Waals surface area contributed by atoms with Crippen molar-refractivity contribution < 1.29 is 36.6 Å². The summed E-state index contributed by atoms with van der Waals surface area (Å²) in [6.45, 7) is 0. The predicted octanol–water partition coefficient (Wildman–Crippen LogP) is 6.61. The number of aromatic amines is 1. The molecule has 37 heavy (non-hydrogen) atoms. The molecule has 2 heterocycles. The molecule has 192 valence electrons. The number of benzene rings is 2. The summed E-state index contributed by atoms with van der Waals surface area (Å²) in [7, 11) is 0. The molecule has 0 unspecified atom stereocenters. The standard InChI is InChI=1S/C26H20F5N3O3/c27-18-9-15(14-3-8-22(32-12-14)37-17-5-1-13(2-6-17)25(35)36)10-19(28)23(18)24-33-20-7-4-16(26(29,30)31)11-21(20)34-24/h3-4,7-13,17H,1-2,5-6H2,(H,33,34)(H,35,36). The zero-order valence-electron chi connectivity index (χ0n) is 19.1. The number of rotatable bonds is 5. The summed E-state index contributed by atoms with van der Waals surface area (Å²) in [5.41, 5.74) is -0.632. The maximum absolute atomic E-state index is 15.0. The number of pyridine rings is 1. The van der Waals surface area contributed by atoms with Gasteiger partial charge in [0.25, 0.3) is 0 Å². The predicted molar refractivity (Wildman–Crippen MR) is 124 cm³/mol. The van der Waals surface area contributed by atoms with Gasteiger partial charge in [-0.25, -0.2) is 18.7 Å². The van der Waals surface area contributed by atoms with Crippen molar-refractivity contribution >= 4 is 17.0 Å². The molecule has 1 aliphatic rings. The number of hydrogen-bond donors (Lipinski definition) is 2. The molecule has 5 rings (SSSR count). The van der Waals surface area contributed by atoms with Crippen molar-refractivity contribution in [2.45, 2.75) is 38.0 Å². The Balaban J connectivity index is 1.34. The largest absolute Gasteiger partial charge is 0.481 e. The number of ether oxygens (including phenoxy) is 1. The lowest BCUT2D eigenvalue weighted by Gasteiger charge is -2.26. The van der Waals surface area contributed by atoms with Gasteiger partial charge in [-0.15, -0.1) is 0 Å². The van der Waals surface area contributed by atoms with E-state index >= 15 is 0 Å². The van der Waals surface area contributed by atoms with E-state index < -0.39 is 34.9 Å². The lowest BCUT2D eigenvalue weighted by Crippen LogP contribution is -2.28. The third-order valence-electron chi connectivity index (χ3n) is 6.47. The monoisotopic (exact) mass is 517 g/mol. The third-order valence-corrected chi connectivity index (χ3v) is 6.47. The van der Waals surface area contributed by atoms with Gasteiger partial charge in [0.05, 0.1) is 28.1 Å². The molecule has 0 amide bonds. The number of carboxylic acid groups (broad SMARTS) is 1. The number of nitrogens with one attached hydrogen (secondary N) is 1. The number of fused-ring (bicyclic) bond motifs is 1. The van der Waals surface area contributed by atoms with Crippen LogP contribution < -0.4 is 4.74 Å². The third kappa shape index (κ3) is 5.11. The minimum absolute atomic E-state index is 0.0658. The van der Waals surface area contributed by atoms with E-state index in [-0.39, 0.29) is 34.4 Å². The van der Waals surface area contributed by atoms with E-state index in [2.05, 4.69) is 15.0 Å². The van der Waals surface area contributed by atoms with Gasteiger partial charge in [0, 0.05) is 17.8 Å². The van der Waals surface area contributed by atoms with Crippen LogP contribution in [0, 0.1) is 17.6 Å². The lowest BCUT2D eigenvalue weighted by atomic mass is 9.87. The van der Waals surface area contributed by atoms with Gasteiger partial charge in [-0.1, -0.05) is 0 Å². The normalized spacial score (nSPS) is 18.2. The van der Waals surface area contributed by atoms with Crippen molar-refractivity contribution in [1.29, 1.82) is 0 Å². The highest BCUT2D eigenvalue weighted by molar-refractivity contribution is 5.81. The maximum Gasteiger partial charge on any atom is 0.416 e. The summed E-state index contributed by atoms with van der Waals surface area (Å²) in [6.07, 6.45) is -1.07. The Kier molecular flexibility index (Phi) is 6.30. The molecule has 11 heteroatoms. The van der Waals surface area contributed by atoms with Gasteiger partial charge in [-0.05, 0) is 67.6 Å². The first-order chi connectivity index (χ1) is 17.6. The smallest absolute Gasteiger partial charge is 0.416 e. The molecule has 2 N–H and O–H groups in total. The summed E-state index contributed by atoms with van der Waals surface area (Å²) >= 11 is 0. The number of carboxylic acids is 1. The minimum atomic E-state index is -4.57. The van der Waals surface area contributed by atoms with Crippen molar-refractivity contribution in [3.8, 4) is 28.4 Å². The number of carbonyl (C=O) groups is 1. The molecule has 1 fully saturated rings. The van der Waals surface area contributed by atoms with Gasteiger partial charge in [-0.2, -0.15) is 13.2 Å². The fraction of sp³-hybridized carbons (Fsp3) is 0.269. The molecule has 1 aliphatic carbocycles. The first-order valence-corrected chi connectivity index (χ1v) is 11.5. The minimum Gasteiger partial charge on any atom is -0.481 e. The first-order valence-electron chi connectivity index (χ1n) is 11.5. The molecule has 0 aliphatic heterocycles. The van der Waals surface area contributed by atoms with Crippen LogP contribution >= 0.6 is 0 Å². The zero-order valence-corrected chi connectivity index (χ0v) is 19.1. The van der Waals surface area contributed by atoms with E-state index in [9.17, 15) is 26.7 Å². The van der Waals surface area contributed by atoms with Crippen LogP contribution in [0.4, 0.5) is 22.0 Å². The fourth-order valence-electron chi connectivity index (χ4n) is 4.49. The quantitative estimate of drug-likeness (QED) is 0.291. The number of aliphatic carboxylic acids is 1. The van der Waals surface area contributed by atoms with Crippen molar-refractivity contribution in [3.63, 3.8) is 0 Å². The first kappa shape index (κ1) is 24.7. The number of nitrogens with zero attached hydrogens (tertiary/aromatic N) is 2. The van der Waals surface area contributed by atoms with E-state index in [1.807, 2.05) is 0 Å². The average molecular weight is 517 g/mol. The van der Waals surface area contributed by atoms with Crippen molar-refractivity contribution in [2.75, 3.05) is 0 Å². The van der Waals surface area contributed by atoms with Crippen LogP contribution in [0.3, 0.4) is 0 Å². The number of imidazole rings is 1. The zero-order chi connectivity index (χ0) is 26.3. The summed E-state index contributed by atoms with van der Waals surface area (Å²) in [6, 6.07) is 8.19. The molecule has 0 bridgehead atoms. The molecular weight excluding hydrogens is 497 g/mol. The molecule has 0 radical (unpaired) electrons. The molecule has 0 atom stereocenters. The van der Waals surface area contributed by atoms with Crippen molar-refractivity contribution in [2.24, 2.45) is 5.92 Å². The Morgan fingerprint density at radius 3 is 2.27 bits per heavy atom. The molecule has 6 nitrogen and oxygen atoms in total. The van der Waals surface area contributed by atoms with Gasteiger partial charge in [0.15, 0.2) is 0 Å². The maximum atomic E-state index is 15.0. The SMILES string of the molecule is O=C(O)C1CCC(Oc2ccc(-c3cc(F)c(-c4nc5cc(C(F)(F)F)ccc5[nH]4)c(F)c3)cn2)CC1. The van der Waals surface area contributed by atoms with Crippen LogP contribution in [0.5, 0.6) is 5.88 Å². The highest BCUT2D eigenvalue weighted by Gasteiger charge is 2.31. The number of alkyl halides is 3. The van der Waals surface area contributed by atoms with Crippen molar-refractivity contribution in [1.82, 2.24) is 15.0 Å². The van der Waals surface area contributed by atoms with E-state index in [4.69, 9.17) is 9.84 Å². The van der Waals surface area contributed by atoms with Crippen LogP contribution in [0.15, 0.2) is 48.7 Å². The highest BCUT2D eigenvalue weighted by atomic mass is 19.4. The Morgan fingerprint density at radius 2 is 1.68 bits per heavy atom. The topological polar surface area (TPSA) is 88.1 Å². The van der Waals surface area contributed by atoms with Crippen LogP contribution in [-0.2, 0) is 11.0 Å². The number of aromatic nitrogens is 3. The van der Waals surface area contributed by atoms with Gasteiger partial charge in [0.1, 0.15) is 23.6 Å². The van der Waals surface area contributed by atoms with E-state index in [0.29, 0.717) is 37.1 Å². The van der Waals surface area contributed by atoms with Crippen LogP contribution in [-0.4, -0.2) is 32.1 Å². The number of H-pyrrole nitrogens is 1. The summed E-state index contributed by atoms with van der Waals surface area (Å²) in [5.74, 6) is -2.96. The van der Waals surface area contributed by atoms with Crippen LogP contribution in [0.2, 0.25) is 0 Å². The van der Waals surface area contributed by atoms with Gasteiger partial charge < -0.3 is 14.8 Å². The molecule has 2 aromatic carbocycles. The average Bonchev–Trinajstić information content (AvgIpc) is 3.26. The fourth-order valence-corrected chi connectivity index (χ4v) is 4.49. The van der Waals surface area contributed by atoms with Gasteiger partial charge >= 0.3 is 12.1 Å². The second kappa shape index (κ2) is 9.45. The Hall–Kier alpha value is -4.02. The Labute approximate surface area is 207 Å². The van der Waals surface area contributed by atoms with Crippen LogP contribution in [0.25, 0.3) is 33.5 Å². The van der Waals surface area contributed by atoms with Gasteiger partial charge in [-0.3, -0.25) is 4.79 Å². The summed E-state index contributed by atoms with van der Waals surface area (Å²) in [4.78, 5) is 21.9. The second-order valence-electron chi connectivity index (χ2n) is 8.94. The Bertz CT molecular complexity index is 1440. The molecular formula is C26H20F5N3O3. The number of hydrogen-bond acceptors (Lipinski definition) is 4. The Morgan fingerprint density at radius 1 is 0.973 bits per heavy atom. The van der Waals surface area contributed by atoms with Gasteiger partial charge in [0.2, 0.25) is 5.88 Å². The summed E-state index contributed by atoms with van der Waals surface area (Å²) < 4.78 is 74.7. The molecule has 1 saturated carbocycles. The molecule has 0 spiro atoms. The lowest BCUT2D eigenvalue weighted by molar-refractivity contribution is -0.143. The molecule has 0 saturated heterocycles. The van der Waals surface area contributed by atoms with Crippen LogP contribution in [0.1, 0.15) is 31.2 Å². The van der Waals surface area contributed by atoms with E-state index in [1.165, 1.54) is 6.20 Å². The molecule has 2 aromatic heterocycles. The van der Waals surface area contributed by atoms with E-state index in [1.54, 1.807) is 12.1 Å². The summed E-state index contributed by atoms with van der Waals surface area (Å²) in [5, 5.41) is 9.09. The highest BCUT2D eigenvalue weighted by Crippen LogP contribution is 2.34. The van der Waals surface area contributed by atoms with E-state index in [0.717, 1.165) is 30.3 Å². The second-order valence-corrected chi connectivity index (χ2v) is 8.94. The number of halogens is 5. The van der Waals surface area contributed by atoms with Crippen molar-refractivity contribution in [3.05, 3.63) is 65.9 Å². The molecule has 4 aromatic rings.